The maximum Gasteiger partial charge on any atom is 0.265 e. The number of carbonyl (C=O) groups excluding carboxylic acids is 1. The second-order valence-electron chi connectivity index (χ2n) is 5.11. The Bertz CT molecular complexity index is 601. The van der Waals surface area contributed by atoms with Crippen molar-refractivity contribution < 1.29 is 13.2 Å². The van der Waals surface area contributed by atoms with Crippen molar-refractivity contribution in [3.63, 3.8) is 0 Å². The van der Waals surface area contributed by atoms with Crippen molar-refractivity contribution in [2.45, 2.75) is 19.5 Å². The first kappa shape index (κ1) is 15.0. The van der Waals surface area contributed by atoms with Crippen LogP contribution in [0.5, 0.6) is 0 Å². The molecule has 7 heteroatoms. The lowest BCUT2D eigenvalue weighted by atomic mass is 10.1. The minimum Gasteiger partial charge on any atom is -0.294 e. The molecule has 110 valence electrons. The van der Waals surface area contributed by atoms with E-state index in [2.05, 4.69) is 10.3 Å². The zero-order chi connectivity index (χ0) is 14.8. The second kappa shape index (κ2) is 5.90. The van der Waals surface area contributed by atoms with Crippen LogP contribution in [0.25, 0.3) is 0 Å². The number of amides is 1. The largest absolute Gasteiger partial charge is 0.294 e. The van der Waals surface area contributed by atoms with E-state index in [0.717, 1.165) is 5.56 Å². The van der Waals surface area contributed by atoms with Crippen LogP contribution in [0, 0.1) is 0 Å². The second-order valence-corrected chi connectivity index (χ2v) is 7.34. The molecule has 1 atom stereocenters. The van der Waals surface area contributed by atoms with Crippen molar-refractivity contribution in [3.8, 4) is 0 Å². The highest BCUT2D eigenvalue weighted by molar-refractivity contribution is 7.91. The van der Waals surface area contributed by atoms with Gasteiger partial charge in [0.15, 0.2) is 9.84 Å². The Balaban J connectivity index is 2.09. The number of hydrogen-bond acceptors (Lipinski definition) is 5. The van der Waals surface area contributed by atoms with Gasteiger partial charge >= 0.3 is 0 Å². The van der Waals surface area contributed by atoms with Gasteiger partial charge in [0.1, 0.15) is 0 Å². The number of hydrogen-bond donors (Lipinski definition) is 2. The molecule has 1 amide bonds. The summed E-state index contributed by atoms with van der Waals surface area (Å²) in [7, 11) is -2.91. The number of nitrogen functional groups attached to an aromatic ring is 1. The van der Waals surface area contributed by atoms with Crippen LogP contribution < -0.4 is 11.3 Å². The summed E-state index contributed by atoms with van der Waals surface area (Å²) in [4.78, 5) is 13.6. The van der Waals surface area contributed by atoms with Crippen LogP contribution in [-0.2, 0) is 16.4 Å². The Kier molecular flexibility index (Phi) is 4.42. The fraction of sp³-hybridized carbons (Fsp3) is 0.462. The lowest BCUT2D eigenvalue weighted by molar-refractivity contribution is 0.0953. The minimum atomic E-state index is -2.91. The molecule has 0 bridgehead atoms. The number of nitrogens with zero attached hydrogens (tertiary/aromatic N) is 1. The zero-order valence-corrected chi connectivity index (χ0v) is 12.2. The lowest BCUT2D eigenvalue weighted by Gasteiger charge is -2.33. The summed E-state index contributed by atoms with van der Waals surface area (Å²) in [5.41, 5.74) is 3.57. The summed E-state index contributed by atoms with van der Waals surface area (Å²) in [6.07, 6.45) is 0. The molecule has 2 rings (SSSR count). The van der Waals surface area contributed by atoms with Gasteiger partial charge in [-0.15, -0.1) is 0 Å². The van der Waals surface area contributed by atoms with Gasteiger partial charge in [0.25, 0.3) is 5.91 Å². The normalized spacial score (nSPS) is 22.4. The van der Waals surface area contributed by atoms with Gasteiger partial charge in [0.2, 0.25) is 0 Å². The fourth-order valence-corrected chi connectivity index (χ4v) is 4.02. The fourth-order valence-electron chi connectivity index (χ4n) is 2.40. The Morgan fingerprint density at radius 2 is 2.25 bits per heavy atom. The van der Waals surface area contributed by atoms with E-state index in [1.165, 1.54) is 0 Å². The average molecular weight is 297 g/mol. The predicted octanol–water partition coefficient (Wildman–Crippen LogP) is -0.0910. The number of carbonyl (C=O) groups is 1. The molecule has 0 spiro atoms. The molecule has 1 unspecified atom stereocenters. The van der Waals surface area contributed by atoms with Crippen molar-refractivity contribution in [1.82, 2.24) is 10.3 Å². The first-order valence-electron chi connectivity index (χ1n) is 6.45. The highest BCUT2D eigenvalue weighted by Crippen LogP contribution is 2.16. The third-order valence-electron chi connectivity index (χ3n) is 3.51. The number of benzene rings is 1. The van der Waals surface area contributed by atoms with E-state index in [-0.39, 0.29) is 23.5 Å². The molecule has 3 N–H and O–H groups in total. The number of rotatable bonds is 3. The van der Waals surface area contributed by atoms with Gasteiger partial charge in [-0.05, 0) is 24.6 Å². The van der Waals surface area contributed by atoms with E-state index < -0.39 is 9.84 Å². The van der Waals surface area contributed by atoms with Gasteiger partial charge in [-0.3, -0.25) is 15.1 Å². The highest BCUT2D eigenvalue weighted by Gasteiger charge is 2.27. The molecule has 6 nitrogen and oxygen atoms in total. The van der Waals surface area contributed by atoms with E-state index >= 15 is 0 Å². The van der Waals surface area contributed by atoms with Crippen LogP contribution in [0.1, 0.15) is 22.8 Å². The molecule has 1 aromatic rings. The monoisotopic (exact) mass is 297 g/mol. The Morgan fingerprint density at radius 3 is 2.90 bits per heavy atom. The van der Waals surface area contributed by atoms with Gasteiger partial charge < -0.3 is 0 Å². The molecule has 1 aromatic carbocycles. The molecule has 1 aliphatic rings. The number of nitrogens with one attached hydrogen (secondary N) is 1. The summed E-state index contributed by atoms with van der Waals surface area (Å²) >= 11 is 0. The standard InChI is InChI=1S/C13H19N3O3S/c1-10-9-20(18,19)6-5-16(10)8-11-3-2-4-12(7-11)13(17)15-14/h2-4,7,10H,5-6,8-9,14H2,1H3,(H,15,17). The molecule has 0 radical (unpaired) electrons. The maximum absolute atomic E-state index is 11.5. The molecule has 1 aliphatic heterocycles. The molecule has 0 aliphatic carbocycles. The van der Waals surface area contributed by atoms with E-state index in [4.69, 9.17) is 5.84 Å². The first-order valence-corrected chi connectivity index (χ1v) is 8.28. The maximum atomic E-state index is 11.5. The topological polar surface area (TPSA) is 92.5 Å². The summed E-state index contributed by atoms with van der Waals surface area (Å²) in [6.45, 7) is 3.06. The number of sulfone groups is 1. The van der Waals surface area contributed by atoms with Gasteiger partial charge in [-0.25, -0.2) is 14.3 Å². The van der Waals surface area contributed by atoms with Crippen molar-refractivity contribution in [3.05, 3.63) is 35.4 Å². The SMILES string of the molecule is CC1CS(=O)(=O)CCN1Cc1cccc(C(=O)NN)c1. The zero-order valence-electron chi connectivity index (χ0n) is 11.4. The smallest absolute Gasteiger partial charge is 0.265 e. The van der Waals surface area contributed by atoms with Crippen molar-refractivity contribution in [2.24, 2.45) is 5.84 Å². The molecular weight excluding hydrogens is 278 g/mol. The van der Waals surface area contributed by atoms with E-state index in [9.17, 15) is 13.2 Å². The van der Waals surface area contributed by atoms with Crippen LogP contribution in [0.4, 0.5) is 0 Å². The third kappa shape index (κ3) is 3.56. The molecule has 1 saturated heterocycles. The van der Waals surface area contributed by atoms with Crippen LogP contribution in [-0.4, -0.2) is 43.3 Å². The minimum absolute atomic E-state index is 0.0132. The summed E-state index contributed by atoms with van der Waals surface area (Å²) in [6, 6.07) is 7.17. The molecule has 0 aromatic heterocycles. The van der Waals surface area contributed by atoms with Crippen LogP contribution >= 0.6 is 0 Å². The summed E-state index contributed by atoms with van der Waals surface area (Å²) < 4.78 is 23.1. The lowest BCUT2D eigenvalue weighted by Crippen LogP contribution is -2.46. The molecule has 1 fully saturated rings. The van der Waals surface area contributed by atoms with Crippen LogP contribution in [0.3, 0.4) is 0 Å². The number of nitrogens with two attached hydrogens (primary N) is 1. The summed E-state index contributed by atoms with van der Waals surface area (Å²) in [5, 5.41) is 0. The number of hydrazine groups is 1. The van der Waals surface area contributed by atoms with Crippen molar-refractivity contribution in [2.75, 3.05) is 18.1 Å². The van der Waals surface area contributed by atoms with Gasteiger partial charge in [0.05, 0.1) is 11.5 Å². The average Bonchev–Trinajstić information content (AvgIpc) is 2.41. The molecule has 0 saturated carbocycles. The molecule has 1 heterocycles. The molecular formula is C13H19N3O3S. The third-order valence-corrected chi connectivity index (χ3v) is 5.31. The summed E-state index contributed by atoms with van der Waals surface area (Å²) in [5.74, 6) is 5.17. The quantitative estimate of drug-likeness (QED) is 0.462. The highest BCUT2D eigenvalue weighted by atomic mass is 32.2. The Labute approximate surface area is 118 Å². The van der Waals surface area contributed by atoms with E-state index in [0.29, 0.717) is 18.7 Å². The van der Waals surface area contributed by atoms with Gasteiger partial charge in [-0.2, -0.15) is 0 Å². The van der Waals surface area contributed by atoms with Crippen molar-refractivity contribution >= 4 is 15.7 Å². The van der Waals surface area contributed by atoms with E-state index in [1.54, 1.807) is 18.2 Å². The Morgan fingerprint density at radius 1 is 1.50 bits per heavy atom. The predicted molar refractivity (Wildman–Crippen MR) is 76.6 cm³/mol. The van der Waals surface area contributed by atoms with E-state index in [1.807, 2.05) is 13.0 Å². The van der Waals surface area contributed by atoms with Gasteiger partial charge in [0, 0.05) is 24.7 Å². The molecule has 20 heavy (non-hydrogen) atoms. The van der Waals surface area contributed by atoms with Crippen molar-refractivity contribution in [1.29, 1.82) is 0 Å². The van der Waals surface area contributed by atoms with Gasteiger partial charge in [-0.1, -0.05) is 12.1 Å². The Hall–Kier alpha value is -1.44. The van der Waals surface area contributed by atoms with Crippen LogP contribution in [0.2, 0.25) is 0 Å². The van der Waals surface area contributed by atoms with Crippen LogP contribution in [0.15, 0.2) is 24.3 Å². The first-order chi connectivity index (χ1) is 9.41.